The van der Waals surface area contributed by atoms with Gasteiger partial charge in [-0.15, -0.1) is 0 Å². The van der Waals surface area contributed by atoms with E-state index in [9.17, 15) is 4.79 Å². The van der Waals surface area contributed by atoms with Crippen molar-refractivity contribution in [3.8, 4) is 0 Å². The van der Waals surface area contributed by atoms with E-state index in [1.165, 1.54) is 5.56 Å². The van der Waals surface area contributed by atoms with Gasteiger partial charge in [0.25, 0.3) is 0 Å². The van der Waals surface area contributed by atoms with Crippen LogP contribution in [0.1, 0.15) is 24.2 Å². The van der Waals surface area contributed by atoms with Crippen LogP contribution in [0.3, 0.4) is 0 Å². The average Bonchev–Trinajstić information content (AvgIpc) is 2.97. The summed E-state index contributed by atoms with van der Waals surface area (Å²) in [4.78, 5) is 15.9. The summed E-state index contributed by atoms with van der Waals surface area (Å²) in [6.45, 7) is 1.86. The molecule has 0 aliphatic heterocycles. The maximum absolute atomic E-state index is 11.6. The van der Waals surface area contributed by atoms with Gasteiger partial charge in [0.1, 0.15) is 5.82 Å². The van der Waals surface area contributed by atoms with Crippen molar-refractivity contribution >= 4 is 5.91 Å². The molecule has 112 valence electrons. The number of hydrogen-bond acceptors (Lipinski definition) is 3. The second-order valence-electron chi connectivity index (χ2n) is 4.94. The Morgan fingerprint density at radius 2 is 2.10 bits per heavy atom. The zero-order valence-electron chi connectivity index (χ0n) is 12.2. The van der Waals surface area contributed by atoms with Crippen LogP contribution >= 0.6 is 0 Å². The normalized spacial score (nSPS) is 10.5. The Bertz CT molecular complexity index is 550. The number of amides is 1. The van der Waals surface area contributed by atoms with Gasteiger partial charge in [0, 0.05) is 25.4 Å². The fourth-order valence-electron chi connectivity index (χ4n) is 2.13. The largest absolute Gasteiger partial charge is 0.349 e. The van der Waals surface area contributed by atoms with E-state index in [0.29, 0.717) is 25.9 Å². The van der Waals surface area contributed by atoms with Crippen LogP contribution in [0.2, 0.25) is 0 Å². The molecule has 0 aliphatic rings. The van der Waals surface area contributed by atoms with Crippen LogP contribution in [0.15, 0.2) is 42.7 Å². The van der Waals surface area contributed by atoms with Crippen molar-refractivity contribution in [2.75, 3.05) is 6.54 Å². The molecule has 0 saturated heterocycles. The number of imidazole rings is 1. The maximum atomic E-state index is 11.6. The number of aromatic nitrogens is 2. The molecule has 0 spiro atoms. The van der Waals surface area contributed by atoms with Crippen molar-refractivity contribution in [2.24, 2.45) is 5.73 Å². The monoisotopic (exact) mass is 286 g/mol. The minimum atomic E-state index is 0.0260. The highest BCUT2D eigenvalue weighted by molar-refractivity contribution is 5.75. The lowest BCUT2D eigenvalue weighted by Gasteiger charge is -2.09. The Labute approximate surface area is 125 Å². The number of aryl methyl sites for hydroxylation is 2. The van der Waals surface area contributed by atoms with E-state index in [1.54, 1.807) is 6.20 Å². The van der Waals surface area contributed by atoms with Crippen LogP contribution in [0.5, 0.6) is 0 Å². The third kappa shape index (κ3) is 5.04. The Kier molecular flexibility index (Phi) is 5.97. The number of benzene rings is 1. The first-order valence-electron chi connectivity index (χ1n) is 7.30. The van der Waals surface area contributed by atoms with Crippen molar-refractivity contribution in [3.05, 3.63) is 54.1 Å². The van der Waals surface area contributed by atoms with Gasteiger partial charge in [-0.1, -0.05) is 30.3 Å². The van der Waals surface area contributed by atoms with Gasteiger partial charge < -0.3 is 15.6 Å². The molecule has 1 aromatic carbocycles. The van der Waals surface area contributed by atoms with Crippen LogP contribution in [-0.4, -0.2) is 22.0 Å². The lowest BCUT2D eigenvalue weighted by molar-refractivity contribution is -0.121. The minimum Gasteiger partial charge on any atom is -0.349 e. The van der Waals surface area contributed by atoms with Gasteiger partial charge >= 0.3 is 0 Å². The molecule has 5 heteroatoms. The standard InChI is InChI=1S/C16H22N4O/c17-9-4-7-16(21)19-13-15-18-10-12-20(15)11-8-14-5-2-1-3-6-14/h1-3,5-6,10,12H,4,7-9,11,13,17H2,(H,19,21). The molecule has 1 amide bonds. The van der Waals surface area contributed by atoms with E-state index in [4.69, 9.17) is 5.73 Å². The molecule has 0 unspecified atom stereocenters. The highest BCUT2D eigenvalue weighted by Crippen LogP contribution is 2.04. The number of rotatable bonds is 8. The van der Waals surface area contributed by atoms with Gasteiger partial charge in [-0.2, -0.15) is 0 Å². The SMILES string of the molecule is NCCCC(=O)NCc1nccn1CCc1ccccc1. The molecule has 3 N–H and O–H groups in total. The predicted molar refractivity (Wildman–Crippen MR) is 82.5 cm³/mol. The fraction of sp³-hybridized carbons (Fsp3) is 0.375. The second-order valence-corrected chi connectivity index (χ2v) is 4.94. The first kappa shape index (κ1) is 15.3. The summed E-state index contributed by atoms with van der Waals surface area (Å²) in [6, 6.07) is 10.3. The van der Waals surface area contributed by atoms with Gasteiger partial charge in [-0.25, -0.2) is 4.98 Å². The van der Waals surface area contributed by atoms with E-state index in [2.05, 4.69) is 27.0 Å². The summed E-state index contributed by atoms with van der Waals surface area (Å²) < 4.78 is 2.08. The van der Waals surface area contributed by atoms with Gasteiger partial charge in [0.2, 0.25) is 5.91 Å². The summed E-state index contributed by atoms with van der Waals surface area (Å²) in [5, 5.41) is 2.88. The van der Waals surface area contributed by atoms with E-state index < -0.39 is 0 Å². The number of hydrogen-bond donors (Lipinski definition) is 2. The van der Waals surface area contributed by atoms with Crippen molar-refractivity contribution < 1.29 is 4.79 Å². The number of nitrogens with zero attached hydrogens (tertiary/aromatic N) is 2. The van der Waals surface area contributed by atoms with Gasteiger partial charge in [-0.05, 0) is 24.9 Å². The zero-order chi connectivity index (χ0) is 14.9. The lowest BCUT2D eigenvalue weighted by Crippen LogP contribution is -2.25. The van der Waals surface area contributed by atoms with Gasteiger partial charge in [0.05, 0.1) is 6.54 Å². The number of carbonyl (C=O) groups is 1. The topological polar surface area (TPSA) is 72.9 Å². The molecule has 0 aliphatic carbocycles. The number of nitrogens with two attached hydrogens (primary N) is 1. The Balaban J connectivity index is 1.82. The molecule has 0 bridgehead atoms. The number of nitrogens with one attached hydrogen (secondary N) is 1. The molecule has 0 saturated carbocycles. The predicted octanol–water partition coefficient (Wildman–Crippen LogP) is 1.48. The van der Waals surface area contributed by atoms with Crippen LogP contribution < -0.4 is 11.1 Å². The van der Waals surface area contributed by atoms with E-state index in [-0.39, 0.29) is 5.91 Å². The Hall–Kier alpha value is -2.14. The van der Waals surface area contributed by atoms with Crippen molar-refractivity contribution in [1.29, 1.82) is 0 Å². The fourth-order valence-corrected chi connectivity index (χ4v) is 2.13. The first-order chi connectivity index (χ1) is 10.3. The molecular formula is C16H22N4O. The molecule has 2 aromatic rings. The van der Waals surface area contributed by atoms with E-state index in [0.717, 1.165) is 18.8 Å². The summed E-state index contributed by atoms with van der Waals surface area (Å²) >= 11 is 0. The van der Waals surface area contributed by atoms with Crippen molar-refractivity contribution in [2.45, 2.75) is 32.4 Å². The third-order valence-corrected chi connectivity index (χ3v) is 3.34. The number of carbonyl (C=O) groups excluding carboxylic acids is 1. The van der Waals surface area contributed by atoms with Crippen LogP contribution in [0.25, 0.3) is 0 Å². The zero-order valence-corrected chi connectivity index (χ0v) is 12.2. The van der Waals surface area contributed by atoms with Gasteiger partial charge in [-0.3, -0.25) is 4.79 Å². The quantitative estimate of drug-likeness (QED) is 0.772. The molecule has 1 aromatic heterocycles. The summed E-state index contributed by atoms with van der Waals surface area (Å²) in [5.74, 6) is 0.907. The van der Waals surface area contributed by atoms with E-state index >= 15 is 0 Å². The third-order valence-electron chi connectivity index (χ3n) is 3.34. The summed E-state index contributed by atoms with van der Waals surface area (Å²) in [5.41, 5.74) is 6.69. The minimum absolute atomic E-state index is 0.0260. The molecular weight excluding hydrogens is 264 g/mol. The molecule has 21 heavy (non-hydrogen) atoms. The molecule has 0 radical (unpaired) electrons. The molecule has 5 nitrogen and oxygen atoms in total. The van der Waals surface area contributed by atoms with Crippen LogP contribution in [0, 0.1) is 0 Å². The summed E-state index contributed by atoms with van der Waals surface area (Å²) in [6.07, 6.45) is 5.86. The molecule has 0 atom stereocenters. The second kappa shape index (κ2) is 8.21. The highest BCUT2D eigenvalue weighted by atomic mass is 16.1. The summed E-state index contributed by atoms with van der Waals surface area (Å²) in [7, 11) is 0. The van der Waals surface area contributed by atoms with Crippen molar-refractivity contribution in [1.82, 2.24) is 14.9 Å². The van der Waals surface area contributed by atoms with Crippen molar-refractivity contribution in [3.63, 3.8) is 0 Å². The maximum Gasteiger partial charge on any atom is 0.220 e. The highest BCUT2D eigenvalue weighted by Gasteiger charge is 2.05. The van der Waals surface area contributed by atoms with Crippen LogP contribution in [-0.2, 0) is 24.3 Å². The van der Waals surface area contributed by atoms with Gasteiger partial charge in [0.15, 0.2) is 0 Å². The Morgan fingerprint density at radius 1 is 1.29 bits per heavy atom. The molecule has 1 heterocycles. The Morgan fingerprint density at radius 3 is 2.86 bits per heavy atom. The first-order valence-corrected chi connectivity index (χ1v) is 7.30. The molecule has 0 fully saturated rings. The lowest BCUT2D eigenvalue weighted by atomic mass is 10.1. The smallest absolute Gasteiger partial charge is 0.220 e. The average molecular weight is 286 g/mol. The van der Waals surface area contributed by atoms with E-state index in [1.807, 2.05) is 24.4 Å². The molecule has 2 rings (SSSR count). The van der Waals surface area contributed by atoms with Crippen LogP contribution in [0.4, 0.5) is 0 Å².